The Balaban J connectivity index is 2.72. The first kappa shape index (κ1) is 19.3. The van der Waals surface area contributed by atoms with Crippen LogP contribution in [0.4, 0.5) is 0 Å². The van der Waals surface area contributed by atoms with Gasteiger partial charge in [-0.05, 0) is 0 Å². The molecule has 3 heteroatoms. The molecule has 0 saturated heterocycles. The molecule has 0 bridgehead atoms. The van der Waals surface area contributed by atoms with Crippen LogP contribution >= 0.6 is 0 Å². The molecule has 0 spiro atoms. The second kappa shape index (κ2) is 10.1. The van der Waals surface area contributed by atoms with Gasteiger partial charge >= 0.3 is 143 Å². The number of benzene rings is 1. The molecule has 0 amide bonds. The molecule has 124 valence electrons. The van der Waals surface area contributed by atoms with Crippen LogP contribution in [0.1, 0.15) is 39.2 Å². The summed E-state index contributed by atoms with van der Waals surface area (Å²) in [7, 11) is 3.97. The number of rotatable bonds is 9. The minimum atomic E-state index is 0.474. The summed E-state index contributed by atoms with van der Waals surface area (Å²) < 4.78 is 6.98. The maximum absolute atomic E-state index is 5.56. The monoisotopic (exact) mass is 369 g/mol. The van der Waals surface area contributed by atoms with E-state index in [1.165, 1.54) is 35.0 Å². The third-order valence-corrected chi connectivity index (χ3v) is 5.49. The van der Waals surface area contributed by atoms with Gasteiger partial charge in [-0.1, -0.05) is 0 Å². The number of nitrogens with zero attached hydrogens (tertiary/aromatic N) is 1. The summed E-state index contributed by atoms with van der Waals surface area (Å²) in [4.78, 5) is 2.40. The Labute approximate surface area is 143 Å². The van der Waals surface area contributed by atoms with Crippen LogP contribution < -0.4 is 9.20 Å². The van der Waals surface area contributed by atoms with Gasteiger partial charge < -0.3 is 0 Å². The van der Waals surface area contributed by atoms with Gasteiger partial charge in [0.1, 0.15) is 0 Å². The van der Waals surface area contributed by atoms with Gasteiger partial charge in [0, 0.05) is 0 Å². The van der Waals surface area contributed by atoms with Crippen molar-refractivity contribution in [2.75, 3.05) is 27.2 Å². The van der Waals surface area contributed by atoms with E-state index in [-0.39, 0.29) is 0 Å². The Bertz CT molecular complexity index is 460. The van der Waals surface area contributed by atoms with Crippen molar-refractivity contribution in [2.45, 2.75) is 39.4 Å². The fourth-order valence-corrected chi connectivity index (χ4v) is 3.92. The van der Waals surface area contributed by atoms with E-state index in [2.05, 4.69) is 62.8 Å². The van der Waals surface area contributed by atoms with Gasteiger partial charge in [-0.25, -0.2) is 0 Å². The Kier molecular flexibility index (Phi) is 8.85. The molecule has 22 heavy (non-hydrogen) atoms. The molecule has 0 aliphatic rings. The second-order valence-electron chi connectivity index (χ2n) is 6.22. The third-order valence-electron chi connectivity index (χ3n) is 3.85. The van der Waals surface area contributed by atoms with E-state index in [4.69, 9.17) is 4.74 Å². The van der Waals surface area contributed by atoms with Gasteiger partial charge in [-0.15, -0.1) is 0 Å². The predicted molar refractivity (Wildman–Crippen MR) is 99.5 cm³/mol. The SMILES string of the molecule is COc1cccc([Se]C)c1/C(C)=C\CN(C)CCCC(C)C. The minimum absolute atomic E-state index is 0.474. The van der Waals surface area contributed by atoms with Gasteiger partial charge in [0.05, 0.1) is 0 Å². The van der Waals surface area contributed by atoms with Crippen molar-refractivity contribution in [3.8, 4) is 5.75 Å². The zero-order chi connectivity index (χ0) is 16.5. The fraction of sp³-hybridized carbons (Fsp3) is 0.579. The van der Waals surface area contributed by atoms with Crippen LogP contribution in [0.5, 0.6) is 5.75 Å². The average molecular weight is 368 g/mol. The van der Waals surface area contributed by atoms with Gasteiger partial charge in [-0.2, -0.15) is 0 Å². The van der Waals surface area contributed by atoms with Crippen LogP contribution in [0.15, 0.2) is 24.3 Å². The molecule has 0 aromatic heterocycles. The van der Waals surface area contributed by atoms with E-state index >= 15 is 0 Å². The van der Waals surface area contributed by atoms with Crippen molar-refractivity contribution < 1.29 is 4.74 Å². The van der Waals surface area contributed by atoms with E-state index in [0.717, 1.165) is 18.2 Å². The van der Waals surface area contributed by atoms with Crippen molar-refractivity contribution in [1.82, 2.24) is 4.90 Å². The Morgan fingerprint density at radius 1 is 1.36 bits per heavy atom. The molecule has 1 aromatic rings. The van der Waals surface area contributed by atoms with E-state index < -0.39 is 0 Å². The molecule has 0 unspecified atom stereocenters. The zero-order valence-electron chi connectivity index (χ0n) is 15.0. The van der Waals surface area contributed by atoms with Crippen molar-refractivity contribution in [3.05, 3.63) is 29.8 Å². The number of hydrogen-bond donors (Lipinski definition) is 0. The van der Waals surface area contributed by atoms with Gasteiger partial charge in [0.15, 0.2) is 0 Å². The first-order valence-corrected chi connectivity index (χ1v) is 10.6. The summed E-state index contributed by atoms with van der Waals surface area (Å²) in [5, 5.41) is 0. The fourth-order valence-electron chi connectivity index (χ4n) is 2.50. The van der Waals surface area contributed by atoms with Crippen LogP contribution in [0.3, 0.4) is 0 Å². The predicted octanol–water partition coefficient (Wildman–Crippen LogP) is 3.84. The molecule has 1 aromatic carbocycles. The van der Waals surface area contributed by atoms with Crippen molar-refractivity contribution in [1.29, 1.82) is 0 Å². The van der Waals surface area contributed by atoms with Crippen LogP contribution in [0.2, 0.25) is 5.82 Å². The molecule has 0 N–H and O–H groups in total. The third kappa shape index (κ3) is 6.16. The molecule has 0 heterocycles. The van der Waals surface area contributed by atoms with Crippen LogP contribution in [-0.4, -0.2) is 47.1 Å². The number of hydrogen-bond acceptors (Lipinski definition) is 2. The first-order valence-electron chi connectivity index (χ1n) is 8.06. The molecule has 2 nitrogen and oxygen atoms in total. The quantitative estimate of drug-likeness (QED) is 0.614. The first-order chi connectivity index (χ1) is 10.5. The van der Waals surface area contributed by atoms with E-state index in [1.807, 2.05) is 0 Å². The average Bonchev–Trinajstić information content (AvgIpc) is 2.51. The Morgan fingerprint density at radius 2 is 2.09 bits per heavy atom. The van der Waals surface area contributed by atoms with E-state index in [9.17, 15) is 0 Å². The van der Waals surface area contributed by atoms with Gasteiger partial charge in [0.25, 0.3) is 0 Å². The van der Waals surface area contributed by atoms with Gasteiger partial charge in [-0.3, -0.25) is 0 Å². The molecule has 0 aliphatic heterocycles. The number of likely N-dealkylation sites (N-methyl/N-ethyl adjacent to an activating group) is 1. The van der Waals surface area contributed by atoms with Gasteiger partial charge in [0.2, 0.25) is 0 Å². The molecule has 0 atom stereocenters. The summed E-state index contributed by atoms with van der Waals surface area (Å²) in [6.45, 7) is 8.95. The Morgan fingerprint density at radius 3 is 2.68 bits per heavy atom. The molecule has 1 rings (SSSR count). The summed E-state index contributed by atoms with van der Waals surface area (Å²) >= 11 is 0.474. The van der Waals surface area contributed by atoms with Crippen LogP contribution in [0.25, 0.3) is 5.57 Å². The van der Waals surface area contributed by atoms with Crippen LogP contribution in [-0.2, 0) is 0 Å². The molecular weight excluding hydrogens is 337 g/mol. The maximum atomic E-state index is 5.56. The molecule has 0 aliphatic carbocycles. The van der Waals surface area contributed by atoms with E-state index in [1.54, 1.807) is 7.11 Å². The number of ether oxygens (including phenoxy) is 1. The van der Waals surface area contributed by atoms with Crippen molar-refractivity contribution in [3.63, 3.8) is 0 Å². The summed E-state index contributed by atoms with van der Waals surface area (Å²) in [5.41, 5.74) is 2.62. The number of allylic oxidation sites excluding steroid dienone is 1. The molecular formula is C19H31NOSe. The zero-order valence-corrected chi connectivity index (χ0v) is 16.7. The molecule has 0 fully saturated rings. The standard InChI is InChI=1S/C19H31NOSe/c1-15(2)9-8-13-20(4)14-12-16(3)19-17(21-5)10-7-11-18(19)22-6/h7,10-12,15H,8-9,13-14H2,1-6H3/b16-12-. The van der Waals surface area contributed by atoms with Crippen LogP contribution in [0, 0.1) is 5.92 Å². The molecule has 0 saturated carbocycles. The van der Waals surface area contributed by atoms with Crippen molar-refractivity contribution in [2.24, 2.45) is 5.92 Å². The number of methoxy groups -OCH3 is 1. The van der Waals surface area contributed by atoms with E-state index in [0.29, 0.717) is 15.0 Å². The summed E-state index contributed by atoms with van der Waals surface area (Å²) in [6, 6.07) is 6.38. The molecule has 0 radical (unpaired) electrons. The Hall–Kier alpha value is -0.761. The van der Waals surface area contributed by atoms with Crippen molar-refractivity contribution >= 4 is 25.0 Å². The summed E-state index contributed by atoms with van der Waals surface area (Å²) in [6.07, 6.45) is 4.92. The summed E-state index contributed by atoms with van der Waals surface area (Å²) in [5.74, 6) is 4.06. The topological polar surface area (TPSA) is 12.5 Å². The second-order valence-corrected chi connectivity index (χ2v) is 8.00. The normalized spacial score (nSPS) is 12.3.